The van der Waals surface area contributed by atoms with Gasteiger partial charge in [0.25, 0.3) is 0 Å². The van der Waals surface area contributed by atoms with Gasteiger partial charge < -0.3 is 4.42 Å². The van der Waals surface area contributed by atoms with Gasteiger partial charge in [-0.1, -0.05) is 18.3 Å². The fraction of sp³-hybridized carbons (Fsp3) is 0.312. The van der Waals surface area contributed by atoms with Gasteiger partial charge in [0.1, 0.15) is 4.99 Å². The highest BCUT2D eigenvalue weighted by molar-refractivity contribution is 7.94. The molecule has 23 heavy (non-hydrogen) atoms. The molecule has 2 atom stereocenters. The van der Waals surface area contributed by atoms with Gasteiger partial charge in [0, 0.05) is 18.1 Å². The molecule has 5 nitrogen and oxygen atoms in total. The number of carbonyl (C=O) groups excluding carboxylic acids is 1. The number of rotatable bonds is 5. The first-order valence-corrected chi connectivity index (χ1v) is 9.42. The smallest absolute Gasteiger partial charge is 0.204 e. The molecule has 0 N–H and O–H groups in total. The van der Waals surface area contributed by atoms with E-state index >= 15 is 0 Å². The SMILES string of the molecule is Cc1ccc(C(C)S(C)(=O)=NC(=S)CC(=O)c2ccco2)cn1. The number of thiocarbonyl (C=S) groups is 1. The molecule has 0 fully saturated rings. The Labute approximate surface area is 141 Å². The molecule has 0 saturated heterocycles. The highest BCUT2D eigenvalue weighted by atomic mass is 32.2. The molecule has 0 amide bonds. The van der Waals surface area contributed by atoms with Gasteiger partial charge in [0.05, 0.1) is 27.7 Å². The zero-order chi connectivity index (χ0) is 17.0. The highest BCUT2D eigenvalue weighted by Crippen LogP contribution is 2.23. The van der Waals surface area contributed by atoms with E-state index in [1.54, 1.807) is 24.6 Å². The minimum Gasteiger partial charge on any atom is -0.461 e. The fourth-order valence-corrected chi connectivity index (χ4v) is 3.79. The van der Waals surface area contributed by atoms with Crippen LogP contribution in [0.25, 0.3) is 0 Å². The Morgan fingerprint density at radius 3 is 2.74 bits per heavy atom. The van der Waals surface area contributed by atoms with Crippen LogP contribution in [0.2, 0.25) is 0 Å². The van der Waals surface area contributed by atoms with Gasteiger partial charge in [-0.2, -0.15) is 4.36 Å². The normalized spacial score (nSPS) is 14.7. The first-order valence-electron chi connectivity index (χ1n) is 7.02. The van der Waals surface area contributed by atoms with Crippen LogP contribution in [-0.2, 0) is 9.73 Å². The molecular formula is C16H18N2O3S2. The van der Waals surface area contributed by atoms with Crippen molar-refractivity contribution in [2.75, 3.05) is 6.26 Å². The lowest BCUT2D eigenvalue weighted by atomic mass is 10.2. The lowest BCUT2D eigenvalue weighted by molar-refractivity contribution is 0.0974. The van der Waals surface area contributed by atoms with Crippen molar-refractivity contribution in [2.24, 2.45) is 4.36 Å². The van der Waals surface area contributed by atoms with Gasteiger partial charge in [-0.15, -0.1) is 0 Å². The standard InChI is InChI=1S/C16H18N2O3S2/c1-11-6-7-13(10-17-11)12(2)23(3,20)18-16(22)9-14(19)15-5-4-8-21-15/h4-8,10,12H,9H2,1-3H3. The average Bonchev–Trinajstić information content (AvgIpc) is 3.01. The molecule has 2 rings (SSSR count). The summed E-state index contributed by atoms with van der Waals surface area (Å²) in [7, 11) is -2.63. The number of pyridine rings is 1. The quantitative estimate of drug-likeness (QED) is 0.607. The van der Waals surface area contributed by atoms with Gasteiger partial charge in [-0.05, 0) is 37.6 Å². The zero-order valence-electron chi connectivity index (χ0n) is 13.2. The van der Waals surface area contributed by atoms with Crippen LogP contribution >= 0.6 is 12.2 Å². The molecule has 0 aliphatic carbocycles. The summed E-state index contributed by atoms with van der Waals surface area (Å²) in [6.45, 7) is 3.70. The minimum absolute atomic E-state index is 0.0907. The molecule has 0 radical (unpaired) electrons. The van der Waals surface area contributed by atoms with Crippen molar-refractivity contribution in [3.63, 3.8) is 0 Å². The molecule has 2 aromatic rings. The third-order valence-corrected chi connectivity index (χ3v) is 5.97. The van der Waals surface area contributed by atoms with Crippen molar-refractivity contribution in [3.8, 4) is 0 Å². The Morgan fingerprint density at radius 2 is 2.17 bits per heavy atom. The Bertz CT molecular complexity index is 818. The van der Waals surface area contributed by atoms with Crippen molar-refractivity contribution in [1.29, 1.82) is 0 Å². The van der Waals surface area contributed by atoms with E-state index < -0.39 is 9.73 Å². The molecule has 2 unspecified atom stereocenters. The van der Waals surface area contributed by atoms with Crippen molar-refractivity contribution in [1.82, 2.24) is 4.98 Å². The lowest BCUT2D eigenvalue weighted by Gasteiger charge is -2.14. The van der Waals surface area contributed by atoms with E-state index in [9.17, 15) is 9.00 Å². The second kappa shape index (κ2) is 7.14. The summed E-state index contributed by atoms with van der Waals surface area (Å²) in [4.78, 5) is 16.3. The van der Waals surface area contributed by atoms with E-state index in [2.05, 4.69) is 9.35 Å². The molecular weight excluding hydrogens is 332 g/mol. The van der Waals surface area contributed by atoms with Gasteiger partial charge in [-0.3, -0.25) is 9.78 Å². The number of carbonyl (C=O) groups is 1. The first kappa shape index (κ1) is 17.5. The summed E-state index contributed by atoms with van der Waals surface area (Å²) in [6.07, 6.45) is 4.56. The number of hydrogen-bond acceptors (Lipinski definition) is 5. The maximum atomic E-state index is 12.8. The van der Waals surface area contributed by atoms with Crippen LogP contribution in [0.15, 0.2) is 45.5 Å². The fourth-order valence-electron chi connectivity index (χ4n) is 1.95. The zero-order valence-corrected chi connectivity index (χ0v) is 14.8. The van der Waals surface area contributed by atoms with E-state index in [1.165, 1.54) is 6.26 Å². The molecule has 2 heterocycles. The minimum atomic E-state index is -2.63. The van der Waals surface area contributed by atoms with E-state index in [0.717, 1.165) is 11.3 Å². The number of aromatic nitrogens is 1. The van der Waals surface area contributed by atoms with E-state index in [4.69, 9.17) is 16.6 Å². The topological polar surface area (TPSA) is 72.5 Å². The number of aryl methyl sites for hydroxylation is 1. The maximum absolute atomic E-state index is 12.8. The molecule has 7 heteroatoms. The van der Waals surface area contributed by atoms with Gasteiger partial charge >= 0.3 is 0 Å². The summed E-state index contributed by atoms with van der Waals surface area (Å²) in [5.41, 5.74) is 1.71. The largest absolute Gasteiger partial charge is 0.461 e. The molecule has 0 bridgehead atoms. The molecule has 2 aromatic heterocycles. The molecule has 0 aliphatic rings. The maximum Gasteiger partial charge on any atom is 0.204 e. The second-order valence-corrected chi connectivity index (χ2v) is 8.38. The van der Waals surface area contributed by atoms with Gasteiger partial charge in [0.15, 0.2) is 5.76 Å². The summed E-state index contributed by atoms with van der Waals surface area (Å²) >= 11 is 5.12. The Morgan fingerprint density at radius 1 is 1.43 bits per heavy atom. The van der Waals surface area contributed by atoms with E-state index in [1.807, 2.05) is 26.0 Å². The average molecular weight is 350 g/mol. The van der Waals surface area contributed by atoms with Crippen LogP contribution in [-0.4, -0.2) is 26.2 Å². The Balaban J connectivity index is 2.15. The second-order valence-electron chi connectivity index (χ2n) is 5.30. The van der Waals surface area contributed by atoms with Crippen LogP contribution in [0.1, 0.15) is 40.4 Å². The van der Waals surface area contributed by atoms with Crippen molar-refractivity contribution >= 4 is 32.7 Å². The van der Waals surface area contributed by atoms with Gasteiger partial charge in [-0.25, -0.2) is 4.21 Å². The van der Waals surface area contributed by atoms with Crippen LogP contribution in [0.5, 0.6) is 0 Å². The van der Waals surface area contributed by atoms with Crippen molar-refractivity contribution in [2.45, 2.75) is 25.5 Å². The van der Waals surface area contributed by atoms with Gasteiger partial charge in [0.2, 0.25) is 5.78 Å². The van der Waals surface area contributed by atoms with Crippen molar-refractivity contribution < 1.29 is 13.4 Å². The Hall–Kier alpha value is -1.86. The van der Waals surface area contributed by atoms with Crippen LogP contribution in [0, 0.1) is 6.92 Å². The number of furan rings is 1. The molecule has 122 valence electrons. The summed E-state index contributed by atoms with van der Waals surface area (Å²) in [5, 5.41) is -0.340. The van der Waals surface area contributed by atoms with Crippen LogP contribution in [0.3, 0.4) is 0 Å². The number of ketones is 1. The number of nitrogens with zero attached hydrogens (tertiary/aromatic N) is 2. The first-order chi connectivity index (χ1) is 10.8. The third-order valence-electron chi connectivity index (χ3n) is 3.45. The predicted molar refractivity (Wildman–Crippen MR) is 94.1 cm³/mol. The van der Waals surface area contributed by atoms with Crippen LogP contribution < -0.4 is 0 Å². The monoisotopic (exact) mass is 350 g/mol. The van der Waals surface area contributed by atoms with E-state index in [0.29, 0.717) is 0 Å². The van der Waals surface area contributed by atoms with Crippen molar-refractivity contribution in [3.05, 3.63) is 53.7 Å². The van der Waals surface area contributed by atoms with E-state index in [-0.39, 0.29) is 28.2 Å². The predicted octanol–water partition coefficient (Wildman–Crippen LogP) is 3.74. The summed E-state index contributed by atoms with van der Waals surface area (Å²) in [5.74, 6) is -0.0514. The number of Topliss-reactive ketones (excluding diaryl/α,β-unsaturated/α-hetero) is 1. The van der Waals surface area contributed by atoms with Crippen LogP contribution in [0.4, 0.5) is 0 Å². The third kappa shape index (κ3) is 4.56. The summed E-state index contributed by atoms with van der Waals surface area (Å²) in [6, 6.07) is 6.93. The molecule has 0 saturated carbocycles. The highest BCUT2D eigenvalue weighted by Gasteiger charge is 2.18. The molecule has 0 aromatic carbocycles. The molecule has 0 aliphatic heterocycles. The molecule has 0 spiro atoms. The lowest BCUT2D eigenvalue weighted by Crippen LogP contribution is -2.12. The number of hydrogen-bond donors (Lipinski definition) is 0. The Kier molecular flexibility index (Phi) is 5.43. The summed E-state index contributed by atoms with van der Waals surface area (Å²) < 4.78 is 22.0.